The van der Waals surface area contributed by atoms with Gasteiger partial charge >= 0.3 is 0 Å². The highest BCUT2D eigenvalue weighted by atomic mass is 32.1. The first-order valence-electron chi connectivity index (χ1n) is 6.93. The van der Waals surface area contributed by atoms with Crippen LogP contribution in [0.2, 0.25) is 0 Å². The molecule has 1 aliphatic rings. The van der Waals surface area contributed by atoms with Crippen molar-refractivity contribution < 1.29 is 9.21 Å². The molecule has 0 saturated heterocycles. The molecule has 106 valence electrons. The second-order valence-corrected chi connectivity index (χ2v) is 6.12. The summed E-state index contributed by atoms with van der Waals surface area (Å²) in [5.74, 6) is 0.901. The van der Waals surface area contributed by atoms with Gasteiger partial charge < -0.3 is 9.32 Å². The summed E-state index contributed by atoms with van der Waals surface area (Å²) >= 11 is 1.79. The van der Waals surface area contributed by atoms with Crippen LogP contribution in [0.3, 0.4) is 0 Å². The Morgan fingerprint density at radius 2 is 2.35 bits per heavy atom. The van der Waals surface area contributed by atoms with Gasteiger partial charge in [-0.25, -0.2) is 4.98 Å². The van der Waals surface area contributed by atoms with Gasteiger partial charge in [-0.2, -0.15) is 0 Å². The third-order valence-electron chi connectivity index (χ3n) is 3.84. The summed E-state index contributed by atoms with van der Waals surface area (Å²) in [6.45, 7) is 6.47. The Balaban J connectivity index is 1.94. The van der Waals surface area contributed by atoms with Crippen molar-refractivity contribution in [2.75, 3.05) is 6.54 Å². The predicted molar refractivity (Wildman–Crippen MR) is 78.1 cm³/mol. The first-order valence-corrected chi connectivity index (χ1v) is 7.81. The van der Waals surface area contributed by atoms with Gasteiger partial charge in [0.15, 0.2) is 5.89 Å². The molecule has 0 saturated carbocycles. The van der Waals surface area contributed by atoms with Gasteiger partial charge in [0.1, 0.15) is 0 Å². The van der Waals surface area contributed by atoms with Gasteiger partial charge in [-0.3, -0.25) is 4.79 Å². The summed E-state index contributed by atoms with van der Waals surface area (Å²) in [7, 11) is 0. The minimum atomic E-state index is -0.0354. The molecular formula is C15H18N2O2S. The van der Waals surface area contributed by atoms with Crippen molar-refractivity contribution in [1.29, 1.82) is 0 Å². The molecule has 0 fully saturated rings. The quantitative estimate of drug-likeness (QED) is 0.850. The van der Waals surface area contributed by atoms with E-state index in [-0.39, 0.29) is 11.9 Å². The zero-order valence-corrected chi connectivity index (χ0v) is 12.8. The summed E-state index contributed by atoms with van der Waals surface area (Å²) in [6, 6.07) is 2.30. The van der Waals surface area contributed by atoms with E-state index in [0.29, 0.717) is 17.3 Å². The van der Waals surface area contributed by atoms with Crippen LogP contribution in [0.5, 0.6) is 0 Å². The number of hydrogen-bond acceptors (Lipinski definition) is 4. The van der Waals surface area contributed by atoms with Crippen molar-refractivity contribution in [3.63, 3.8) is 0 Å². The van der Waals surface area contributed by atoms with Gasteiger partial charge in [0, 0.05) is 18.3 Å². The fourth-order valence-electron chi connectivity index (χ4n) is 2.94. The van der Waals surface area contributed by atoms with E-state index in [0.717, 1.165) is 19.4 Å². The Kier molecular flexibility index (Phi) is 3.38. The van der Waals surface area contributed by atoms with Gasteiger partial charge in [0.25, 0.3) is 5.91 Å². The lowest BCUT2D eigenvalue weighted by Crippen LogP contribution is -2.39. The van der Waals surface area contributed by atoms with Crippen molar-refractivity contribution >= 4 is 17.2 Å². The molecule has 0 aromatic carbocycles. The van der Waals surface area contributed by atoms with Crippen LogP contribution in [0, 0.1) is 13.8 Å². The maximum Gasteiger partial charge on any atom is 0.292 e. The molecule has 0 N–H and O–H groups in total. The Hall–Kier alpha value is -1.62. The molecule has 0 bridgehead atoms. The minimum absolute atomic E-state index is 0.0354. The van der Waals surface area contributed by atoms with Gasteiger partial charge in [-0.1, -0.05) is 6.92 Å². The molecule has 4 nitrogen and oxygen atoms in total. The number of fused-ring (bicyclic) bond motifs is 1. The van der Waals surface area contributed by atoms with Gasteiger partial charge in [-0.05, 0) is 36.8 Å². The van der Waals surface area contributed by atoms with Crippen molar-refractivity contribution in [3.8, 4) is 0 Å². The Morgan fingerprint density at radius 3 is 3.00 bits per heavy atom. The molecule has 0 radical (unpaired) electrons. The SMILES string of the molecule is CCC1c2ccsc2CCN1C(=O)c1oc(C)nc1C. The zero-order chi connectivity index (χ0) is 14.3. The lowest BCUT2D eigenvalue weighted by atomic mass is 9.97. The number of carbonyl (C=O) groups is 1. The monoisotopic (exact) mass is 290 g/mol. The molecule has 1 unspecified atom stereocenters. The number of thiophene rings is 1. The number of nitrogens with zero attached hydrogens (tertiary/aromatic N) is 2. The number of amides is 1. The second kappa shape index (κ2) is 5.05. The number of carbonyl (C=O) groups excluding carboxylic acids is 1. The Labute approximate surface area is 122 Å². The number of aryl methyl sites for hydroxylation is 2. The van der Waals surface area contributed by atoms with Crippen LogP contribution in [0.25, 0.3) is 0 Å². The van der Waals surface area contributed by atoms with Crippen molar-refractivity contribution in [1.82, 2.24) is 9.88 Å². The van der Waals surface area contributed by atoms with E-state index >= 15 is 0 Å². The smallest absolute Gasteiger partial charge is 0.292 e. The molecular weight excluding hydrogens is 272 g/mol. The average molecular weight is 290 g/mol. The molecule has 2 aromatic heterocycles. The van der Waals surface area contributed by atoms with Crippen LogP contribution in [0.4, 0.5) is 0 Å². The molecule has 1 amide bonds. The van der Waals surface area contributed by atoms with Crippen molar-refractivity contribution in [2.45, 2.75) is 39.7 Å². The predicted octanol–water partition coefficient (Wildman–Crippen LogP) is 3.50. The lowest BCUT2D eigenvalue weighted by Gasteiger charge is -2.34. The standard InChI is InChI=1S/C15H18N2O2S/c1-4-12-11-6-8-20-13(11)5-7-17(12)15(18)14-9(2)16-10(3)19-14/h6,8,12H,4-5,7H2,1-3H3. The third kappa shape index (κ3) is 2.06. The van der Waals surface area contributed by atoms with Crippen LogP contribution in [0.15, 0.2) is 15.9 Å². The molecule has 2 aromatic rings. The molecule has 5 heteroatoms. The highest BCUT2D eigenvalue weighted by Crippen LogP contribution is 2.36. The number of rotatable bonds is 2. The van der Waals surface area contributed by atoms with Crippen molar-refractivity contribution in [2.24, 2.45) is 0 Å². The topological polar surface area (TPSA) is 46.3 Å². The molecule has 1 atom stereocenters. The summed E-state index contributed by atoms with van der Waals surface area (Å²) in [5.41, 5.74) is 1.98. The summed E-state index contributed by atoms with van der Waals surface area (Å²) in [4.78, 5) is 20.3. The van der Waals surface area contributed by atoms with Crippen LogP contribution < -0.4 is 0 Å². The highest BCUT2D eigenvalue weighted by molar-refractivity contribution is 7.10. The Morgan fingerprint density at radius 1 is 1.55 bits per heavy atom. The van der Waals surface area contributed by atoms with E-state index in [4.69, 9.17) is 4.42 Å². The first kappa shape index (κ1) is 13.4. The maximum atomic E-state index is 12.7. The number of aromatic nitrogens is 1. The van der Waals surface area contributed by atoms with Gasteiger partial charge in [-0.15, -0.1) is 11.3 Å². The molecule has 20 heavy (non-hydrogen) atoms. The van der Waals surface area contributed by atoms with Crippen LogP contribution in [-0.2, 0) is 6.42 Å². The number of oxazole rings is 1. The van der Waals surface area contributed by atoms with E-state index < -0.39 is 0 Å². The summed E-state index contributed by atoms with van der Waals surface area (Å²) in [5, 5.41) is 2.12. The summed E-state index contributed by atoms with van der Waals surface area (Å²) < 4.78 is 5.49. The second-order valence-electron chi connectivity index (χ2n) is 5.12. The fourth-order valence-corrected chi connectivity index (χ4v) is 3.87. The zero-order valence-electron chi connectivity index (χ0n) is 12.0. The first-order chi connectivity index (χ1) is 9.61. The van der Waals surface area contributed by atoms with E-state index in [1.165, 1.54) is 10.4 Å². The van der Waals surface area contributed by atoms with E-state index in [1.807, 2.05) is 11.8 Å². The Bertz CT molecular complexity index is 644. The molecule has 3 heterocycles. The van der Waals surface area contributed by atoms with E-state index in [2.05, 4.69) is 23.4 Å². The molecule has 0 aliphatic carbocycles. The molecule has 3 rings (SSSR count). The highest BCUT2D eigenvalue weighted by Gasteiger charge is 2.33. The molecule has 1 aliphatic heterocycles. The lowest BCUT2D eigenvalue weighted by molar-refractivity contribution is 0.0622. The normalized spacial score (nSPS) is 18.1. The third-order valence-corrected chi connectivity index (χ3v) is 4.84. The van der Waals surface area contributed by atoms with Crippen LogP contribution >= 0.6 is 11.3 Å². The molecule has 0 spiro atoms. The van der Waals surface area contributed by atoms with Gasteiger partial charge in [0.2, 0.25) is 5.76 Å². The average Bonchev–Trinajstić information content (AvgIpc) is 3.02. The summed E-state index contributed by atoms with van der Waals surface area (Å²) in [6.07, 6.45) is 1.85. The van der Waals surface area contributed by atoms with Crippen LogP contribution in [-0.4, -0.2) is 22.3 Å². The van der Waals surface area contributed by atoms with E-state index in [1.54, 1.807) is 18.3 Å². The fraction of sp³-hybridized carbons (Fsp3) is 0.467. The van der Waals surface area contributed by atoms with E-state index in [9.17, 15) is 4.79 Å². The largest absolute Gasteiger partial charge is 0.436 e. The maximum absolute atomic E-state index is 12.7. The van der Waals surface area contributed by atoms with Gasteiger partial charge in [0.05, 0.1) is 11.7 Å². The van der Waals surface area contributed by atoms with Crippen LogP contribution in [0.1, 0.15) is 52.0 Å². The minimum Gasteiger partial charge on any atom is -0.436 e. The van der Waals surface area contributed by atoms with Crippen molar-refractivity contribution in [3.05, 3.63) is 39.2 Å². The number of hydrogen-bond donors (Lipinski definition) is 0.